The molecule has 0 saturated carbocycles. The summed E-state index contributed by atoms with van der Waals surface area (Å²) in [5, 5.41) is 2.96. The molecule has 2 aromatic carbocycles. The van der Waals surface area contributed by atoms with Crippen LogP contribution in [0.1, 0.15) is 23.6 Å². The number of amides is 1. The molecular formula is C18H16Cl2F3NO2. The van der Waals surface area contributed by atoms with Gasteiger partial charge in [0, 0.05) is 5.02 Å². The van der Waals surface area contributed by atoms with Crippen LogP contribution in [0.5, 0.6) is 5.75 Å². The lowest BCUT2D eigenvalue weighted by molar-refractivity contribution is -0.137. The Morgan fingerprint density at radius 1 is 1.12 bits per heavy atom. The molecule has 1 unspecified atom stereocenters. The Balaban J connectivity index is 2.15. The number of anilines is 1. The quantitative estimate of drug-likeness (QED) is 0.673. The van der Waals surface area contributed by atoms with Gasteiger partial charge in [-0.1, -0.05) is 23.2 Å². The Bertz CT molecular complexity index is 815. The topological polar surface area (TPSA) is 38.3 Å². The van der Waals surface area contributed by atoms with Gasteiger partial charge in [-0.25, -0.2) is 0 Å². The van der Waals surface area contributed by atoms with E-state index in [1.54, 1.807) is 26.0 Å². The van der Waals surface area contributed by atoms with Crippen LogP contribution in [0.4, 0.5) is 18.9 Å². The predicted molar refractivity (Wildman–Crippen MR) is 96.1 cm³/mol. The third kappa shape index (κ3) is 4.83. The number of aryl methyl sites for hydroxylation is 2. The monoisotopic (exact) mass is 405 g/mol. The van der Waals surface area contributed by atoms with E-state index < -0.39 is 23.8 Å². The maximum atomic E-state index is 12.8. The summed E-state index contributed by atoms with van der Waals surface area (Å²) in [7, 11) is 0. The summed E-state index contributed by atoms with van der Waals surface area (Å²) in [5.41, 5.74) is 0.533. The molecule has 0 aliphatic rings. The predicted octanol–water partition coefficient (Wildman–Crippen LogP) is 6.04. The Hall–Kier alpha value is -1.92. The van der Waals surface area contributed by atoms with E-state index in [0.717, 1.165) is 29.3 Å². The number of alkyl halides is 3. The van der Waals surface area contributed by atoms with Gasteiger partial charge in [0.15, 0.2) is 6.10 Å². The normalized spacial score (nSPS) is 12.6. The van der Waals surface area contributed by atoms with Crippen LogP contribution in [0.3, 0.4) is 0 Å². The van der Waals surface area contributed by atoms with Crippen LogP contribution in [0.2, 0.25) is 10.0 Å². The number of rotatable bonds is 4. The second-order valence-electron chi connectivity index (χ2n) is 5.81. The molecule has 2 rings (SSSR count). The van der Waals surface area contributed by atoms with Crippen molar-refractivity contribution in [1.82, 2.24) is 0 Å². The van der Waals surface area contributed by atoms with E-state index in [1.165, 1.54) is 6.92 Å². The van der Waals surface area contributed by atoms with Crippen LogP contribution in [-0.2, 0) is 11.0 Å². The molecule has 0 bridgehead atoms. The van der Waals surface area contributed by atoms with E-state index >= 15 is 0 Å². The summed E-state index contributed by atoms with van der Waals surface area (Å²) >= 11 is 12.0. The van der Waals surface area contributed by atoms with Crippen molar-refractivity contribution in [1.29, 1.82) is 0 Å². The lowest BCUT2D eigenvalue weighted by Gasteiger charge is -2.17. The van der Waals surface area contributed by atoms with Gasteiger partial charge in [-0.05, 0) is 62.2 Å². The van der Waals surface area contributed by atoms with Crippen LogP contribution in [0.25, 0.3) is 0 Å². The van der Waals surface area contributed by atoms with E-state index in [-0.39, 0.29) is 10.7 Å². The summed E-state index contributed by atoms with van der Waals surface area (Å²) < 4.78 is 44.0. The number of nitrogens with one attached hydrogen (secondary N) is 1. The number of carbonyl (C=O) groups is 1. The van der Waals surface area contributed by atoms with Crippen LogP contribution < -0.4 is 10.1 Å². The third-order valence-corrected chi connectivity index (χ3v) is 4.57. The molecule has 1 N–H and O–H groups in total. The highest BCUT2D eigenvalue weighted by molar-refractivity contribution is 6.33. The first kappa shape index (κ1) is 20.4. The molecule has 0 saturated heterocycles. The second kappa shape index (κ2) is 7.76. The van der Waals surface area contributed by atoms with E-state index in [1.807, 2.05) is 0 Å². The average molecular weight is 406 g/mol. The smallest absolute Gasteiger partial charge is 0.416 e. The fourth-order valence-electron chi connectivity index (χ4n) is 2.26. The lowest BCUT2D eigenvalue weighted by Crippen LogP contribution is -2.30. The lowest BCUT2D eigenvalue weighted by atomic mass is 10.1. The Labute approximate surface area is 159 Å². The van der Waals surface area contributed by atoms with Crippen molar-refractivity contribution in [3.05, 3.63) is 57.1 Å². The van der Waals surface area contributed by atoms with Crippen molar-refractivity contribution >= 4 is 34.8 Å². The molecule has 0 fully saturated rings. The molecular weight excluding hydrogens is 390 g/mol. The third-order valence-electron chi connectivity index (χ3n) is 3.64. The number of hydrogen-bond acceptors (Lipinski definition) is 2. The van der Waals surface area contributed by atoms with Crippen molar-refractivity contribution in [2.45, 2.75) is 33.1 Å². The van der Waals surface area contributed by atoms with Crippen molar-refractivity contribution in [2.75, 3.05) is 5.32 Å². The van der Waals surface area contributed by atoms with Gasteiger partial charge in [0.25, 0.3) is 5.91 Å². The van der Waals surface area contributed by atoms with Gasteiger partial charge in [0.2, 0.25) is 0 Å². The molecule has 8 heteroatoms. The number of hydrogen-bond donors (Lipinski definition) is 1. The number of halogens is 5. The first-order valence-electron chi connectivity index (χ1n) is 7.60. The van der Waals surface area contributed by atoms with Gasteiger partial charge in [-0.15, -0.1) is 0 Å². The van der Waals surface area contributed by atoms with Gasteiger partial charge in [0.1, 0.15) is 5.75 Å². The van der Waals surface area contributed by atoms with Gasteiger partial charge < -0.3 is 10.1 Å². The highest BCUT2D eigenvalue weighted by Crippen LogP contribution is 2.34. The molecule has 140 valence electrons. The highest BCUT2D eigenvalue weighted by Gasteiger charge is 2.31. The zero-order valence-corrected chi connectivity index (χ0v) is 15.7. The molecule has 0 heterocycles. The Morgan fingerprint density at radius 2 is 1.69 bits per heavy atom. The van der Waals surface area contributed by atoms with Crippen molar-refractivity contribution in [3.8, 4) is 5.75 Å². The minimum atomic E-state index is -4.54. The van der Waals surface area contributed by atoms with E-state index in [4.69, 9.17) is 27.9 Å². The first-order chi connectivity index (χ1) is 12.0. The van der Waals surface area contributed by atoms with E-state index in [0.29, 0.717) is 10.8 Å². The Morgan fingerprint density at radius 3 is 2.23 bits per heavy atom. The fraction of sp³-hybridized carbons (Fsp3) is 0.278. The number of carbonyl (C=O) groups excluding carboxylic acids is 1. The summed E-state index contributed by atoms with van der Waals surface area (Å²) in [6.07, 6.45) is -5.49. The molecule has 2 aromatic rings. The molecule has 0 radical (unpaired) electrons. The number of ether oxygens (including phenoxy) is 1. The molecule has 0 aliphatic carbocycles. The summed E-state index contributed by atoms with van der Waals surface area (Å²) in [4.78, 5) is 12.3. The molecule has 0 aliphatic heterocycles. The average Bonchev–Trinajstić information content (AvgIpc) is 2.53. The zero-order chi connectivity index (χ0) is 19.6. The SMILES string of the molecule is Cc1cc(OC(C)C(=O)Nc2cc(C(F)(F)F)ccc2Cl)cc(C)c1Cl. The van der Waals surface area contributed by atoms with Crippen LogP contribution in [0, 0.1) is 13.8 Å². The van der Waals surface area contributed by atoms with E-state index in [9.17, 15) is 18.0 Å². The van der Waals surface area contributed by atoms with E-state index in [2.05, 4.69) is 5.32 Å². The molecule has 0 spiro atoms. The maximum Gasteiger partial charge on any atom is 0.416 e. The maximum absolute atomic E-state index is 12.8. The largest absolute Gasteiger partial charge is 0.481 e. The minimum absolute atomic E-state index is 0.00303. The van der Waals surface area contributed by atoms with Gasteiger partial charge in [-0.3, -0.25) is 4.79 Å². The summed E-state index contributed by atoms with van der Waals surface area (Å²) in [6.45, 7) is 5.08. The first-order valence-corrected chi connectivity index (χ1v) is 8.35. The van der Waals surface area contributed by atoms with Gasteiger partial charge in [0.05, 0.1) is 16.3 Å². The van der Waals surface area contributed by atoms with Crippen LogP contribution >= 0.6 is 23.2 Å². The van der Waals surface area contributed by atoms with Crippen LogP contribution in [0.15, 0.2) is 30.3 Å². The molecule has 1 amide bonds. The molecule has 1 atom stereocenters. The second-order valence-corrected chi connectivity index (χ2v) is 6.60. The van der Waals surface area contributed by atoms with Gasteiger partial charge >= 0.3 is 6.18 Å². The van der Waals surface area contributed by atoms with Gasteiger partial charge in [-0.2, -0.15) is 13.2 Å². The number of benzene rings is 2. The molecule has 3 nitrogen and oxygen atoms in total. The summed E-state index contributed by atoms with van der Waals surface area (Å²) in [6, 6.07) is 6.06. The van der Waals surface area contributed by atoms with Crippen molar-refractivity contribution in [3.63, 3.8) is 0 Å². The fourth-order valence-corrected chi connectivity index (χ4v) is 2.54. The minimum Gasteiger partial charge on any atom is -0.481 e. The Kier molecular flexibility index (Phi) is 6.09. The molecule has 0 aromatic heterocycles. The standard InChI is InChI=1S/C18H16Cl2F3NO2/c1-9-6-13(7-10(2)16(9)20)26-11(3)17(25)24-15-8-12(18(21,22)23)4-5-14(15)19/h4-8,11H,1-3H3,(H,24,25). The zero-order valence-electron chi connectivity index (χ0n) is 14.2. The van der Waals surface area contributed by atoms with Crippen molar-refractivity contribution in [2.24, 2.45) is 0 Å². The molecule has 26 heavy (non-hydrogen) atoms. The van der Waals surface area contributed by atoms with Crippen LogP contribution in [-0.4, -0.2) is 12.0 Å². The summed E-state index contributed by atoms with van der Waals surface area (Å²) in [5.74, 6) is -0.196. The van der Waals surface area contributed by atoms with Crippen molar-refractivity contribution < 1.29 is 22.7 Å². The highest BCUT2D eigenvalue weighted by atomic mass is 35.5.